The second kappa shape index (κ2) is 22.7. The van der Waals surface area contributed by atoms with E-state index < -0.39 is 5.41 Å². The Bertz CT molecular complexity index is 4200. The number of benzene rings is 12. The summed E-state index contributed by atoms with van der Waals surface area (Å²) in [5.41, 5.74) is 31.4. The first-order valence-corrected chi connectivity index (χ1v) is 32.0. The van der Waals surface area contributed by atoms with Crippen LogP contribution in [0.2, 0.25) is 0 Å². The SMILES string of the molecule is CC(C)(C)c1ccc(-c2cc(-c3ccc(C(C)(C)C)cc3)cc(-c3cccc(C4(c5cccc(-c6cc(-c7ccc(C(C)(C)C)cc7)cc(-c7ccc(C(C)(C)C)cc7)c6)c5)c5ccccc5-c5c(-c6ccccc6-c6ccccc6)cccc54)c3)c2)cc1. The summed E-state index contributed by atoms with van der Waals surface area (Å²) in [5.74, 6) is 0. The van der Waals surface area contributed by atoms with Crippen molar-refractivity contribution in [1.29, 1.82) is 0 Å². The van der Waals surface area contributed by atoms with Crippen LogP contribution in [-0.4, -0.2) is 0 Å². The first kappa shape index (κ1) is 58.6. The topological polar surface area (TPSA) is 0 Å². The van der Waals surface area contributed by atoms with Crippen LogP contribution in [-0.2, 0) is 27.1 Å². The van der Waals surface area contributed by atoms with Gasteiger partial charge in [0.25, 0.3) is 0 Å². The maximum absolute atomic E-state index is 2.51. The highest BCUT2D eigenvalue weighted by Gasteiger charge is 2.47. The van der Waals surface area contributed by atoms with Crippen molar-refractivity contribution in [2.24, 2.45) is 0 Å². The quantitative estimate of drug-likeness (QED) is 0.128. The van der Waals surface area contributed by atoms with E-state index in [1.54, 1.807) is 0 Å². The lowest BCUT2D eigenvalue weighted by Crippen LogP contribution is -2.28. The zero-order chi connectivity index (χ0) is 62.0. The van der Waals surface area contributed by atoms with Gasteiger partial charge in [-0.1, -0.05) is 314 Å². The summed E-state index contributed by atoms with van der Waals surface area (Å²) < 4.78 is 0. The molecule has 89 heavy (non-hydrogen) atoms. The molecule has 0 fully saturated rings. The van der Waals surface area contributed by atoms with Crippen molar-refractivity contribution in [1.82, 2.24) is 0 Å². The Hall–Kier alpha value is -9.36. The predicted molar refractivity (Wildman–Crippen MR) is 382 cm³/mol. The molecule has 12 aromatic rings. The third-order valence-corrected chi connectivity index (χ3v) is 18.8. The average molecular weight is 1150 g/mol. The van der Waals surface area contributed by atoms with E-state index in [1.165, 1.54) is 145 Å². The molecule has 0 heterocycles. The van der Waals surface area contributed by atoms with E-state index in [2.05, 4.69) is 362 Å². The number of fused-ring (bicyclic) bond motifs is 3. The summed E-state index contributed by atoms with van der Waals surface area (Å²) in [5, 5.41) is 0. The van der Waals surface area contributed by atoms with Gasteiger partial charge in [0.05, 0.1) is 5.41 Å². The summed E-state index contributed by atoms with van der Waals surface area (Å²) in [6, 6.07) is 107. The fourth-order valence-electron chi connectivity index (χ4n) is 13.7. The minimum Gasteiger partial charge on any atom is -0.0622 e. The van der Waals surface area contributed by atoms with Gasteiger partial charge in [-0.25, -0.2) is 0 Å². The highest BCUT2D eigenvalue weighted by atomic mass is 14.5. The van der Waals surface area contributed by atoms with Crippen LogP contribution in [0.3, 0.4) is 0 Å². The van der Waals surface area contributed by atoms with Crippen molar-refractivity contribution in [3.8, 4) is 100 Å². The predicted octanol–water partition coefficient (Wildman–Crippen LogP) is 24.6. The molecular weight excluding hydrogens is 1070 g/mol. The lowest BCUT2D eigenvalue weighted by Gasteiger charge is -2.35. The van der Waals surface area contributed by atoms with Gasteiger partial charge in [-0.2, -0.15) is 0 Å². The zero-order valence-corrected chi connectivity index (χ0v) is 54.1. The van der Waals surface area contributed by atoms with E-state index in [4.69, 9.17) is 0 Å². The van der Waals surface area contributed by atoms with Gasteiger partial charge in [-0.15, -0.1) is 0 Å². The number of hydrogen-bond donors (Lipinski definition) is 0. The van der Waals surface area contributed by atoms with Gasteiger partial charge >= 0.3 is 0 Å². The molecule has 0 N–H and O–H groups in total. The molecule has 0 atom stereocenters. The van der Waals surface area contributed by atoms with E-state index in [-0.39, 0.29) is 21.7 Å². The summed E-state index contributed by atoms with van der Waals surface area (Å²) in [6.07, 6.45) is 0. The van der Waals surface area contributed by atoms with Crippen LogP contribution in [0.5, 0.6) is 0 Å². The van der Waals surface area contributed by atoms with Crippen molar-refractivity contribution < 1.29 is 0 Å². The maximum Gasteiger partial charge on any atom is 0.0714 e. The van der Waals surface area contributed by atoms with Gasteiger partial charge in [0.15, 0.2) is 0 Å². The Kier molecular flexibility index (Phi) is 14.9. The second-order valence-electron chi connectivity index (χ2n) is 29.0. The van der Waals surface area contributed by atoms with Gasteiger partial charge < -0.3 is 0 Å². The molecule has 0 saturated carbocycles. The third kappa shape index (κ3) is 11.2. The second-order valence-corrected chi connectivity index (χ2v) is 29.0. The summed E-state index contributed by atoms with van der Waals surface area (Å²) >= 11 is 0. The molecule has 438 valence electrons. The molecule has 0 amide bonds. The Morgan fingerprint density at radius 2 is 0.483 bits per heavy atom. The smallest absolute Gasteiger partial charge is 0.0622 e. The van der Waals surface area contributed by atoms with E-state index >= 15 is 0 Å². The summed E-state index contributed by atoms with van der Waals surface area (Å²) in [4.78, 5) is 0. The highest BCUT2D eigenvalue weighted by molar-refractivity contribution is 5.99. The molecule has 0 radical (unpaired) electrons. The minimum absolute atomic E-state index is 0.0462. The lowest BCUT2D eigenvalue weighted by atomic mass is 9.66. The molecule has 0 unspecified atom stereocenters. The Labute approximate surface area is 530 Å². The van der Waals surface area contributed by atoms with Gasteiger partial charge in [-0.05, 0) is 215 Å². The standard InChI is InChI=1S/C89H82/c1-85(2,3)72-43-35-59(36-44-72)66-51-67(60-37-45-73(46-38-60)86(4,5)6)54-70(53-66)64-25-20-27-76(57-64)89(82-33-19-18-31-81(82)84-80(32-22-34-83(84)89)79-30-17-16-29-78(79)63-23-14-13-15-24-63)77-28-21-26-65(58-77)71-55-68(61-39-47-74(48-40-61)87(7,8)9)52-69(56-71)62-41-49-75(50-42-62)88(10,11)12/h13-58H,1-12H3. The molecule has 13 rings (SSSR count). The molecule has 1 aliphatic carbocycles. The Balaban J connectivity index is 1.05. The molecule has 0 bridgehead atoms. The lowest BCUT2D eigenvalue weighted by molar-refractivity contribution is 0.590. The normalized spacial score (nSPS) is 13.0. The first-order valence-electron chi connectivity index (χ1n) is 32.0. The first-order chi connectivity index (χ1) is 42.6. The molecular formula is C89H82. The van der Waals surface area contributed by atoms with Crippen LogP contribution < -0.4 is 0 Å². The fraction of sp³-hybridized carbons (Fsp3) is 0.191. The van der Waals surface area contributed by atoms with Gasteiger partial charge in [0, 0.05) is 0 Å². The van der Waals surface area contributed by atoms with E-state index in [0.717, 1.165) is 0 Å². The van der Waals surface area contributed by atoms with Crippen molar-refractivity contribution in [2.75, 3.05) is 0 Å². The molecule has 0 spiro atoms. The largest absolute Gasteiger partial charge is 0.0714 e. The van der Waals surface area contributed by atoms with Crippen LogP contribution >= 0.6 is 0 Å². The van der Waals surface area contributed by atoms with Crippen LogP contribution in [0.1, 0.15) is 128 Å². The summed E-state index contributed by atoms with van der Waals surface area (Å²) in [7, 11) is 0. The zero-order valence-electron chi connectivity index (χ0n) is 54.1. The average Bonchev–Trinajstić information content (AvgIpc) is 1.55. The fourth-order valence-corrected chi connectivity index (χ4v) is 13.7. The molecule has 12 aromatic carbocycles. The monoisotopic (exact) mass is 1150 g/mol. The van der Waals surface area contributed by atoms with Crippen molar-refractivity contribution >= 4 is 0 Å². The highest BCUT2D eigenvalue weighted by Crippen LogP contribution is 2.59. The van der Waals surface area contributed by atoms with Crippen molar-refractivity contribution in [2.45, 2.75) is 110 Å². The van der Waals surface area contributed by atoms with Crippen molar-refractivity contribution in [3.05, 3.63) is 324 Å². The van der Waals surface area contributed by atoms with E-state index in [1.807, 2.05) is 0 Å². The van der Waals surface area contributed by atoms with Gasteiger partial charge in [0.1, 0.15) is 0 Å². The van der Waals surface area contributed by atoms with Gasteiger partial charge in [-0.3, -0.25) is 0 Å². The molecule has 1 aliphatic rings. The number of hydrogen-bond acceptors (Lipinski definition) is 0. The van der Waals surface area contributed by atoms with Crippen LogP contribution in [0.4, 0.5) is 0 Å². The Morgan fingerprint density at radius 3 is 0.865 bits per heavy atom. The summed E-state index contributed by atoms with van der Waals surface area (Å²) in [6.45, 7) is 27.5. The molecule has 0 aliphatic heterocycles. The van der Waals surface area contributed by atoms with Gasteiger partial charge in [0.2, 0.25) is 0 Å². The molecule has 0 aromatic heterocycles. The minimum atomic E-state index is -0.742. The Morgan fingerprint density at radius 1 is 0.191 bits per heavy atom. The molecule has 0 heteroatoms. The van der Waals surface area contributed by atoms with Crippen LogP contribution in [0.25, 0.3) is 100 Å². The number of rotatable bonds is 10. The van der Waals surface area contributed by atoms with Crippen molar-refractivity contribution in [3.63, 3.8) is 0 Å². The third-order valence-electron chi connectivity index (χ3n) is 18.8. The van der Waals surface area contributed by atoms with Crippen LogP contribution in [0.15, 0.2) is 279 Å². The molecule has 0 saturated heterocycles. The van der Waals surface area contributed by atoms with E-state index in [9.17, 15) is 0 Å². The van der Waals surface area contributed by atoms with E-state index in [0.29, 0.717) is 0 Å². The van der Waals surface area contributed by atoms with Crippen LogP contribution in [0, 0.1) is 0 Å². The molecule has 0 nitrogen and oxygen atoms in total. The maximum atomic E-state index is 2.51.